The summed E-state index contributed by atoms with van der Waals surface area (Å²) in [4.78, 5) is 11.1. The molecule has 14 heavy (non-hydrogen) atoms. The van der Waals surface area contributed by atoms with Crippen LogP contribution < -0.4 is 0 Å². The Balaban J connectivity index is 2.33. The molecule has 0 heterocycles. The number of hydrogen-bond acceptors (Lipinski definition) is 1. The van der Waals surface area contributed by atoms with Gasteiger partial charge in [0, 0.05) is 12.8 Å². The van der Waals surface area contributed by atoms with Gasteiger partial charge in [-0.2, -0.15) is 0 Å². The average Bonchev–Trinajstić information content (AvgIpc) is 2.08. The Hall–Kier alpha value is -0.330. The van der Waals surface area contributed by atoms with E-state index < -0.39 is 0 Å². The summed E-state index contributed by atoms with van der Waals surface area (Å²) >= 11 is 0. The molecular weight excluding hydrogens is 172 g/mol. The molecule has 82 valence electrons. The molecular formula is C13H24O. The molecule has 0 spiro atoms. The van der Waals surface area contributed by atoms with Crippen molar-refractivity contribution in [3.05, 3.63) is 0 Å². The van der Waals surface area contributed by atoms with Gasteiger partial charge in [-0.3, -0.25) is 4.79 Å². The molecule has 0 aliphatic heterocycles. The van der Waals surface area contributed by atoms with Crippen molar-refractivity contribution >= 4 is 5.78 Å². The monoisotopic (exact) mass is 196 g/mol. The van der Waals surface area contributed by atoms with E-state index in [2.05, 4.69) is 20.8 Å². The molecule has 0 saturated heterocycles. The van der Waals surface area contributed by atoms with Crippen LogP contribution in [0, 0.1) is 11.3 Å². The van der Waals surface area contributed by atoms with Crippen LogP contribution in [-0.4, -0.2) is 5.78 Å². The van der Waals surface area contributed by atoms with Crippen LogP contribution in [0.1, 0.15) is 65.7 Å². The summed E-state index contributed by atoms with van der Waals surface area (Å²) < 4.78 is 0. The standard InChI is InChI=1S/C13H24O/c1-4-9-13(2,3)10-11-5-7-12(14)8-6-11/h11H,4-10H2,1-3H3. The SMILES string of the molecule is CCCC(C)(C)CC1CCC(=O)CC1. The molecule has 1 heteroatoms. The van der Waals surface area contributed by atoms with Crippen molar-refractivity contribution in [2.45, 2.75) is 65.7 Å². The van der Waals surface area contributed by atoms with E-state index in [1.165, 1.54) is 19.3 Å². The molecule has 1 nitrogen and oxygen atoms in total. The maximum Gasteiger partial charge on any atom is 0.132 e. The van der Waals surface area contributed by atoms with Crippen molar-refractivity contribution in [2.75, 3.05) is 0 Å². The van der Waals surface area contributed by atoms with Crippen LogP contribution in [0.4, 0.5) is 0 Å². The number of hydrogen-bond donors (Lipinski definition) is 0. The summed E-state index contributed by atoms with van der Waals surface area (Å²) in [7, 11) is 0. The van der Waals surface area contributed by atoms with Crippen molar-refractivity contribution in [1.29, 1.82) is 0 Å². The highest BCUT2D eigenvalue weighted by Gasteiger charge is 2.25. The first-order valence-corrected chi connectivity index (χ1v) is 6.05. The lowest BCUT2D eigenvalue weighted by Crippen LogP contribution is -2.21. The van der Waals surface area contributed by atoms with E-state index in [0.29, 0.717) is 11.2 Å². The second kappa shape index (κ2) is 4.95. The van der Waals surface area contributed by atoms with Gasteiger partial charge in [0.05, 0.1) is 0 Å². The van der Waals surface area contributed by atoms with Crippen molar-refractivity contribution in [3.8, 4) is 0 Å². The zero-order valence-electron chi connectivity index (χ0n) is 9.94. The van der Waals surface area contributed by atoms with Gasteiger partial charge < -0.3 is 0 Å². The molecule has 0 aromatic carbocycles. The largest absolute Gasteiger partial charge is 0.300 e. The Labute approximate surface area is 88.3 Å². The van der Waals surface area contributed by atoms with Gasteiger partial charge in [-0.05, 0) is 37.0 Å². The number of carbonyl (C=O) groups excluding carboxylic acids is 1. The average molecular weight is 196 g/mol. The Bertz CT molecular complexity index is 183. The molecule has 1 aliphatic rings. The lowest BCUT2D eigenvalue weighted by Gasteiger charge is -2.31. The number of rotatable bonds is 4. The van der Waals surface area contributed by atoms with E-state index in [0.717, 1.165) is 31.6 Å². The van der Waals surface area contributed by atoms with Crippen LogP contribution in [0.25, 0.3) is 0 Å². The quantitative estimate of drug-likeness (QED) is 0.665. The minimum atomic E-state index is 0.481. The smallest absolute Gasteiger partial charge is 0.132 e. The number of ketones is 1. The highest BCUT2D eigenvalue weighted by atomic mass is 16.1. The first-order chi connectivity index (χ1) is 6.53. The van der Waals surface area contributed by atoms with E-state index in [9.17, 15) is 4.79 Å². The van der Waals surface area contributed by atoms with Gasteiger partial charge in [-0.15, -0.1) is 0 Å². The summed E-state index contributed by atoms with van der Waals surface area (Å²) in [5.41, 5.74) is 0.486. The Morgan fingerprint density at radius 1 is 1.29 bits per heavy atom. The van der Waals surface area contributed by atoms with Crippen molar-refractivity contribution in [2.24, 2.45) is 11.3 Å². The first-order valence-electron chi connectivity index (χ1n) is 6.05. The maximum absolute atomic E-state index is 11.1. The third kappa shape index (κ3) is 3.81. The molecule has 1 rings (SSSR count). The second-order valence-corrected chi connectivity index (χ2v) is 5.60. The lowest BCUT2D eigenvalue weighted by atomic mass is 9.74. The number of carbonyl (C=O) groups is 1. The molecule has 0 unspecified atom stereocenters. The van der Waals surface area contributed by atoms with Gasteiger partial charge in [-0.25, -0.2) is 0 Å². The normalized spacial score (nSPS) is 20.1. The van der Waals surface area contributed by atoms with Crippen molar-refractivity contribution in [1.82, 2.24) is 0 Å². The highest BCUT2D eigenvalue weighted by Crippen LogP contribution is 2.36. The summed E-state index contributed by atoms with van der Waals surface area (Å²) in [6, 6.07) is 0. The topological polar surface area (TPSA) is 17.1 Å². The molecule has 1 aliphatic carbocycles. The van der Waals surface area contributed by atoms with E-state index in [-0.39, 0.29) is 0 Å². The lowest BCUT2D eigenvalue weighted by molar-refractivity contribution is -0.121. The van der Waals surface area contributed by atoms with Gasteiger partial charge in [0.2, 0.25) is 0 Å². The van der Waals surface area contributed by atoms with E-state index in [4.69, 9.17) is 0 Å². The molecule has 0 N–H and O–H groups in total. The van der Waals surface area contributed by atoms with Gasteiger partial charge in [0.15, 0.2) is 0 Å². The van der Waals surface area contributed by atoms with Crippen LogP contribution in [0.2, 0.25) is 0 Å². The molecule has 0 aromatic heterocycles. The fourth-order valence-electron chi connectivity index (χ4n) is 2.76. The maximum atomic E-state index is 11.1. The summed E-state index contributed by atoms with van der Waals surface area (Å²) in [6.45, 7) is 6.99. The molecule has 1 saturated carbocycles. The zero-order chi connectivity index (χ0) is 10.6. The van der Waals surface area contributed by atoms with Crippen LogP contribution >= 0.6 is 0 Å². The van der Waals surface area contributed by atoms with Gasteiger partial charge in [0.25, 0.3) is 0 Å². The molecule has 1 fully saturated rings. The fourth-order valence-corrected chi connectivity index (χ4v) is 2.76. The van der Waals surface area contributed by atoms with Gasteiger partial charge in [0.1, 0.15) is 5.78 Å². The van der Waals surface area contributed by atoms with Crippen molar-refractivity contribution < 1.29 is 4.79 Å². The van der Waals surface area contributed by atoms with E-state index >= 15 is 0 Å². The predicted molar refractivity (Wildman–Crippen MR) is 60.3 cm³/mol. The number of Topliss-reactive ketones (excluding diaryl/α,β-unsaturated/α-hetero) is 1. The minimum absolute atomic E-state index is 0.481. The predicted octanol–water partition coefficient (Wildman–Crippen LogP) is 3.96. The van der Waals surface area contributed by atoms with Gasteiger partial charge >= 0.3 is 0 Å². The first kappa shape index (κ1) is 11.7. The second-order valence-electron chi connectivity index (χ2n) is 5.60. The summed E-state index contributed by atoms with van der Waals surface area (Å²) in [5.74, 6) is 1.30. The van der Waals surface area contributed by atoms with E-state index in [1.807, 2.05) is 0 Å². The molecule has 0 atom stereocenters. The van der Waals surface area contributed by atoms with Crippen LogP contribution in [0.5, 0.6) is 0 Å². The molecule has 0 radical (unpaired) electrons. The van der Waals surface area contributed by atoms with E-state index in [1.54, 1.807) is 0 Å². The Morgan fingerprint density at radius 2 is 1.86 bits per heavy atom. The highest BCUT2D eigenvalue weighted by molar-refractivity contribution is 5.78. The van der Waals surface area contributed by atoms with Crippen LogP contribution in [-0.2, 0) is 4.79 Å². The summed E-state index contributed by atoms with van der Waals surface area (Å²) in [6.07, 6.45) is 7.88. The van der Waals surface area contributed by atoms with Crippen LogP contribution in [0.3, 0.4) is 0 Å². The Kier molecular flexibility index (Phi) is 4.15. The fraction of sp³-hybridized carbons (Fsp3) is 0.923. The zero-order valence-corrected chi connectivity index (χ0v) is 9.94. The third-order valence-electron chi connectivity index (χ3n) is 3.43. The van der Waals surface area contributed by atoms with Crippen molar-refractivity contribution in [3.63, 3.8) is 0 Å². The molecule has 0 bridgehead atoms. The minimum Gasteiger partial charge on any atom is -0.300 e. The molecule has 0 aromatic rings. The molecule has 0 amide bonds. The van der Waals surface area contributed by atoms with Crippen LogP contribution in [0.15, 0.2) is 0 Å². The third-order valence-corrected chi connectivity index (χ3v) is 3.43. The van der Waals surface area contributed by atoms with Gasteiger partial charge in [-0.1, -0.05) is 27.2 Å². The Morgan fingerprint density at radius 3 is 2.36 bits per heavy atom. The summed E-state index contributed by atoms with van der Waals surface area (Å²) in [5, 5.41) is 0.